The van der Waals surface area contributed by atoms with Crippen molar-refractivity contribution in [3.63, 3.8) is 0 Å². The molecular formula is C11H11F2NO. The molecule has 0 aliphatic carbocycles. The summed E-state index contributed by atoms with van der Waals surface area (Å²) in [5, 5.41) is 0. The predicted octanol–water partition coefficient (Wildman–Crippen LogP) is 2.34. The van der Waals surface area contributed by atoms with Gasteiger partial charge in [-0.2, -0.15) is 0 Å². The largest absolute Gasteiger partial charge is 0.312 e. The molecule has 1 heterocycles. The molecule has 1 atom stereocenters. The summed E-state index contributed by atoms with van der Waals surface area (Å²) in [6, 6.07) is 3.16. The topological polar surface area (TPSA) is 20.3 Å². The molecule has 0 aromatic heterocycles. The number of halogens is 2. The third-order valence-corrected chi connectivity index (χ3v) is 2.48. The lowest BCUT2D eigenvalue weighted by Crippen LogP contribution is -2.24. The van der Waals surface area contributed by atoms with Gasteiger partial charge in [0.25, 0.3) is 0 Å². The molecule has 15 heavy (non-hydrogen) atoms. The van der Waals surface area contributed by atoms with Crippen LogP contribution in [0.3, 0.4) is 0 Å². The van der Waals surface area contributed by atoms with Gasteiger partial charge in [-0.25, -0.2) is 8.78 Å². The number of anilines is 1. The van der Waals surface area contributed by atoms with Crippen molar-refractivity contribution in [1.82, 2.24) is 0 Å². The van der Waals surface area contributed by atoms with E-state index in [9.17, 15) is 13.6 Å². The molecule has 0 radical (unpaired) electrons. The first-order chi connectivity index (χ1) is 7.06. The van der Waals surface area contributed by atoms with Gasteiger partial charge >= 0.3 is 0 Å². The van der Waals surface area contributed by atoms with Gasteiger partial charge < -0.3 is 4.90 Å². The van der Waals surface area contributed by atoms with Crippen LogP contribution in [0.1, 0.15) is 13.3 Å². The third kappa shape index (κ3) is 1.98. The molecule has 1 amide bonds. The molecule has 0 N–H and O–H groups in total. The molecule has 1 saturated heterocycles. The lowest BCUT2D eigenvalue weighted by Gasteiger charge is -2.16. The Hall–Kier alpha value is -1.45. The Morgan fingerprint density at radius 3 is 2.33 bits per heavy atom. The Kier molecular flexibility index (Phi) is 2.42. The van der Waals surface area contributed by atoms with Crippen LogP contribution >= 0.6 is 0 Å². The van der Waals surface area contributed by atoms with Gasteiger partial charge in [0, 0.05) is 24.7 Å². The first-order valence-electron chi connectivity index (χ1n) is 4.82. The number of hydrogen-bond donors (Lipinski definition) is 0. The zero-order valence-corrected chi connectivity index (χ0v) is 8.34. The lowest BCUT2D eigenvalue weighted by molar-refractivity contribution is -0.117. The van der Waals surface area contributed by atoms with Crippen LogP contribution in [0.4, 0.5) is 14.5 Å². The molecule has 1 aliphatic heterocycles. The van der Waals surface area contributed by atoms with E-state index < -0.39 is 11.6 Å². The average Bonchev–Trinajstić information content (AvgIpc) is 2.43. The van der Waals surface area contributed by atoms with E-state index in [1.807, 2.05) is 6.92 Å². The molecule has 1 aliphatic rings. The van der Waals surface area contributed by atoms with Crippen molar-refractivity contribution in [1.29, 1.82) is 0 Å². The van der Waals surface area contributed by atoms with E-state index in [0.29, 0.717) is 18.7 Å². The van der Waals surface area contributed by atoms with Crippen LogP contribution in [0.5, 0.6) is 0 Å². The van der Waals surface area contributed by atoms with Crippen LogP contribution in [-0.2, 0) is 4.79 Å². The van der Waals surface area contributed by atoms with Gasteiger partial charge in [0.1, 0.15) is 11.6 Å². The van der Waals surface area contributed by atoms with E-state index in [0.717, 1.165) is 6.07 Å². The number of carbonyl (C=O) groups excluding carboxylic acids is 1. The second kappa shape index (κ2) is 3.61. The molecule has 80 valence electrons. The standard InChI is InChI=1S/C11H11F2NO/c1-7-2-11(15)14(6-7)10-4-8(12)3-9(13)5-10/h3-5,7H,2,6H2,1H3. The van der Waals surface area contributed by atoms with Gasteiger partial charge in [0.05, 0.1) is 0 Å². The van der Waals surface area contributed by atoms with Crippen LogP contribution in [0.15, 0.2) is 18.2 Å². The minimum absolute atomic E-state index is 0.0764. The first-order valence-corrected chi connectivity index (χ1v) is 4.82. The van der Waals surface area contributed by atoms with E-state index in [1.165, 1.54) is 17.0 Å². The van der Waals surface area contributed by atoms with Crippen LogP contribution in [0.2, 0.25) is 0 Å². The molecule has 2 nitrogen and oxygen atoms in total. The molecule has 1 unspecified atom stereocenters. The maximum atomic E-state index is 12.9. The minimum atomic E-state index is -0.655. The second-order valence-electron chi connectivity index (χ2n) is 3.94. The highest BCUT2D eigenvalue weighted by Gasteiger charge is 2.28. The Labute approximate surface area is 86.5 Å². The van der Waals surface area contributed by atoms with Gasteiger partial charge in [-0.05, 0) is 18.1 Å². The number of rotatable bonds is 1. The minimum Gasteiger partial charge on any atom is -0.312 e. The zero-order valence-electron chi connectivity index (χ0n) is 8.34. The number of amides is 1. The fourth-order valence-electron chi connectivity index (χ4n) is 1.83. The van der Waals surface area contributed by atoms with Gasteiger partial charge in [-0.15, -0.1) is 0 Å². The first kappa shape index (κ1) is 10.1. The maximum absolute atomic E-state index is 12.9. The van der Waals surface area contributed by atoms with Gasteiger partial charge in [0.2, 0.25) is 5.91 Å². The Morgan fingerprint density at radius 1 is 1.27 bits per heavy atom. The SMILES string of the molecule is CC1CC(=O)N(c2cc(F)cc(F)c2)C1. The normalized spacial score (nSPS) is 21.1. The van der Waals surface area contributed by atoms with Gasteiger partial charge in [-0.1, -0.05) is 6.92 Å². The molecule has 0 bridgehead atoms. The molecule has 0 spiro atoms. The van der Waals surface area contributed by atoms with E-state index in [4.69, 9.17) is 0 Å². The van der Waals surface area contributed by atoms with Crippen LogP contribution in [0.25, 0.3) is 0 Å². The molecule has 1 aromatic carbocycles. The number of hydrogen-bond acceptors (Lipinski definition) is 1. The zero-order chi connectivity index (χ0) is 11.0. The fraction of sp³-hybridized carbons (Fsp3) is 0.364. The van der Waals surface area contributed by atoms with Crippen LogP contribution in [-0.4, -0.2) is 12.5 Å². The van der Waals surface area contributed by atoms with Gasteiger partial charge in [-0.3, -0.25) is 4.79 Å². The quantitative estimate of drug-likeness (QED) is 0.698. The Morgan fingerprint density at radius 2 is 1.87 bits per heavy atom. The van der Waals surface area contributed by atoms with E-state index in [-0.39, 0.29) is 11.8 Å². The van der Waals surface area contributed by atoms with Gasteiger partial charge in [0.15, 0.2) is 0 Å². The second-order valence-corrected chi connectivity index (χ2v) is 3.94. The van der Waals surface area contributed by atoms with Crippen molar-refractivity contribution in [2.75, 3.05) is 11.4 Å². The Balaban J connectivity index is 2.33. The molecular weight excluding hydrogens is 200 g/mol. The average molecular weight is 211 g/mol. The molecule has 1 fully saturated rings. The van der Waals surface area contributed by atoms with Crippen molar-refractivity contribution in [2.24, 2.45) is 5.92 Å². The summed E-state index contributed by atoms with van der Waals surface area (Å²) in [6.45, 7) is 2.47. The summed E-state index contributed by atoms with van der Waals surface area (Å²) in [7, 11) is 0. The summed E-state index contributed by atoms with van der Waals surface area (Å²) in [5.74, 6) is -1.15. The summed E-state index contributed by atoms with van der Waals surface area (Å²) < 4.78 is 25.9. The summed E-state index contributed by atoms with van der Waals surface area (Å²) in [6.07, 6.45) is 0.443. The number of carbonyl (C=O) groups is 1. The smallest absolute Gasteiger partial charge is 0.227 e. The van der Waals surface area contributed by atoms with Crippen molar-refractivity contribution in [3.05, 3.63) is 29.8 Å². The molecule has 0 saturated carbocycles. The summed E-state index contributed by atoms with van der Waals surface area (Å²) in [5.41, 5.74) is 0.307. The predicted molar refractivity (Wildman–Crippen MR) is 52.5 cm³/mol. The van der Waals surface area contributed by atoms with E-state index in [2.05, 4.69) is 0 Å². The lowest BCUT2D eigenvalue weighted by atomic mass is 10.2. The fourth-order valence-corrected chi connectivity index (χ4v) is 1.83. The van der Waals surface area contributed by atoms with Crippen LogP contribution < -0.4 is 4.90 Å². The number of nitrogens with zero attached hydrogens (tertiary/aromatic N) is 1. The highest BCUT2D eigenvalue weighted by molar-refractivity contribution is 5.95. The number of benzene rings is 1. The highest BCUT2D eigenvalue weighted by Crippen LogP contribution is 2.25. The molecule has 4 heteroatoms. The van der Waals surface area contributed by atoms with Crippen molar-refractivity contribution < 1.29 is 13.6 Å². The maximum Gasteiger partial charge on any atom is 0.227 e. The molecule has 2 rings (SSSR count). The molecule has 1 aromatic rings. The highest BCUT2D eigenvalue weighted by atomic mass is 19.1. The van der Waals surface area contributed by atoms with Crippen LogP contribution in [0, 0.1) is 17.6 Å². The van der Waals surface area contributed by atoms with Crippen molar-refractivity contribution in [2.45, 2.75) is 13.3 Å². The van der Waals surface area contributed by atoms with E-state index in [1.54, 1.807) is 0 Å². The monoisotopic (exact) mass is 211 g/mol. The van der Waals surface area contributed by atoms with Crippen molar-refractivity contribution in [3.8, 4) is 0 Å². The van der Waals surface area contributed by atoms with E-state index >= 15 is 0 Å². The van der Waals surface area contributed by atoms with Crippen molar-refractivity contribution >= 4 is 11.6 Å². The summed E-state index contributed by atoms with van der Waals surface area (Å²) >= 11 is 0. The Bertz CT molecular complexity index is 385. The third-order valence-electron chi connectivity index (χ3n) is 2.48. The summed E-state index contributed by atoms with van der Waals surface area (Å²) in [4.78, 5) is 12.9.